The van der Waals surface area contributed by atoms with Crippen molar-refractivity contribution in [2.45, 2.75) is 68.9 Å². The summed E-state index contributed by atoms with van der Waals surface area (Å²) in [5.41, 5.74) is 6.49. The number of halogens is 2. The van der Waals surface area contributed by atoms with Crippen LogP contribution in [0.25, 0.3) is 11.6 Å². The van der Waals surface area contributed by atoms with Gasteiger partial charge in [-0.3, -0.25) is 0 Å². The molecule has 1 radical (unpaired) electrons. The maximum Gasteiger partial charge on any atom is 3.00 e. The second-order valence-electron chi connectivity index (χ2n) is 9.32. The summed E-state index contributed by atoms with van der Waals surface area (Å²) in [5, 5.41) is 4.06. The summed E-state index contributed by atoms with van der Waals surface area (Å²) in [6.07, 6.45) is 23.7. The zero-order valence-electron chi connectivity index (χ0n) is 18.5. The first-order valence-electron chi connectivity index (χ1n) is 11.7. The Bertz CT molecular complexity index is 1230. The fourth-order valence-electron chi connectivity index (χ4n) is 6.37. The summed E-state index contributed by atoms with van der Waals surface area (Å²) in [7, 11) is -0.560. The maximum absolute atomic E-state index is 3.85. The van der Waals surface area contributed by atoms with Crippen molar-refractivity contribution >= 4 is 20.1 Å². The Hall–Kier alpha value is -0.530. The molecule has 2 fully saturated rings. The first kappa shape index (κ1) is 26.1. The molecule has 0 heterocycles. The molecule has 0 nitrogen and oxygen atoms in total. The summed E-state index contributed by atoms with van der Waals surface area (Å²) in [5.74, 6) is 0. The second-order valence-corrected chi connectivity index (χ2v) is 12.4. The normalized spacial score (nSPS) is 18.7. The van der Waals surface area contributed by atoms with Crippen molar-refractivity contribution in [1.82, 2.24) is 0 Å². The second kappa shape index (κ2) is 11.3. The van der Waals surface area contributed by atoms with Crippen LogP contribution in [0.3, 0.4) is 0 Å². The number of benzene rings is 2. The van der Waals surface area contributed by atoms with Gasteiger partial charge in [-0.2, -0.15) is 0 Å². The molecular formula is C28H29Cl2SiZr. The van der Waals surface area contributed by atoms with E-state index in [0.29, 0.717) is 0 Å². The van der Waals surface area contributed by atoms with Crippen molar-refractivity contribution in [2.24, 2.45) is 0 Å². The fraction of sp³-hybridized carbons (Fsp3) is 0.393. The Morgan fingerprint density at radius 2 is 1.44 bits per heavy atom. The molecule has 0 aliphatic heterocycles. The molecule has 163 valence electrons. The van der Waals surface area contributed by atoms with E-state index in [1.807, 2.05) is 0 Å². The van der Waals surface area contributed by atoms with E-state index < -0.39 is 8.41 Å². The van der Waals surface area contributed by atoms with Gasteiger partial charge in [0.25, 0.3) is 0 Å². The Labute approximate surface area is 224 Å². The maximum atomic E-state index is 3.85. The zero-order chi connectivity index (χ0) is 19.2. The van der Waals surface area contributed by atoms with Crippen LogP contribution in [0.4, 0.5) is 0 Å². The minimum atomic E-state index is -0.560. The molecule has 0 bridgehead atoms. The van der Waals surface area contributed by atoms with Crippen molar-refractivity contribution in [1.29, 1.82) is 0 Å². The molecule has 32 heavy (non-hydrogen) atoms. The molecule has 2 aromatic rings. The van der Waals surface area contributed by atoms with Crippen molar-refractivity contribution in [2.75, 3.05) is 0 Å². The Balaban J connectivity index is 0.000000963. The molecule has 0 aromatic heterocycles. The summed E-state index contributed by atoms with van der Waals surface area (Å²) in [6.45, 7) is 0. The van der Waals surface area contributed by atoms with Crippen LogP contribution in [0.1, 0.15) is 68.9 Å². The Kier molecular flexibility index (Phi) is 9.18. The standard InChI is InChI=1S/C28H29Si.2ClH.Zr/c1-2-10-20(9-1)28-26-19-21-11-3-8-16-24(21)25(26)17-18-27(28)29(22-12-4-5-13-22)23-14-6-7-15-23;;;/h1-3,8-9,11,16-18,22-23H,4-7,10,12-15H2;2*1H;/q-1;;;+3/p-2. The van der Waals surface area contributed by atoms with Crippen LogP contribution in [-0.4, -0.2) is 8.41 Å². The fourth-order valence-corrected chi connectivity index (χ4v) is 10.8. The van der Waals surface area contributed by atoms with Gasteiger partial charge in [0.2, 0.25) is 0 Å². The van der Waals surface area contributed by atoms with Gasteiger partial charge < -0.3 is 24.8 Å². The number of fused-ring (bicyclic) bond motifs is 2. The molecule has 2 saturated carbocycles. The average Bonchev–Trinajstić information content (AvgIpc) is 3.55. The molecule has 0 unspecified atom stereocenters. The summed E-state index contributed by atoms with van der Waals surface area (Å²) < 4.78 is 0. The first-order chi connectivity index (χ1) is 14.4. The van der Waals surface area contributed by atoms with Gasteiger partial charge >= 0.3 is 26.2 Å². The van der Waals surface area contributed by atoms with Gasteiger partial charge in [0.05, 0.1) is 0 Å². The third-order valence-electron chi connectivity index (χ3n) is 7.68. The predicted octanol–water partition coefficient (Wildman–Crippen LogP) is 0.557. The average molecular weight is 556 g/mol. The van der Waals surface area contributed by atoms with E-state index in [4.69, 9.17) is 0 Å². The third kappa shape index (κ3) is 4.55. The van der Waals surface area contributed by atoms with E-state index in [9.17, 15) is 0 Å². The smallest absolute Gasteiger partial charge is 1.00 e. The molecule has 0 spiro atoms. The van der Waals surface area contributed by atoms with Gasteiger partial charge in [-0.25, -0.2) is 0 Å². The predicted molar refractivity (Wildman–Crippen MR) is 123 cm³/mol. The van der Waals surface area contributed by atoms with Crippen molar-refractivity contribution in [3.8, 4) is 0 Å². The van der Waals surface area contributed by atoms with Crippen LogP contribution in [0, 0.1) is 15.3 Å². The summed E-state index contributed by atoms with van der Waals surface area (Å²) in [6, 6.07) is 13.9. The van der Waals surface area contributed by atoms with E-state index >= 15 is 0 Å². The van der Waals surface area contributed by atoms with Gasteiger partial charge in [-0.1, -0.05) is 90.2 Å². The minimum absolute atomic E-state index is 0. The van der Waals surface area contributed by atoms with Gasteiger partial charge in [0.1, 0.15) is 0 Å². The molecule has 0 amide bonds. The number of hydrogen-bond acceptors (Lipinski definition) is 0. The number of rotatable bonds is 3. The third-order valence-corrected chi connectivity index (χ3v) is 11.6. The van der Waals surface area contributed by atoms with E-state index in [1.54, 1.807) is 10.4 Å². The molecule has 6 rings (SSSR count). The van der Waals surface area contributed by atoms with Crippen molar-refractivity contribution in [3.05, 3.63) is 86.2 Å². The quantitative estimate of drug-likeness (QED) is 0.328. The minimum Gasteiger partial charge on any atom is -1.00 e. The molecule has 2 aromatic carbocycles. The van der Waals surface area contributed by atoms with Gasteiger partial charge in [0, 0.05) is 8.41 Å². The van der Waals surface area contributed by atoms with E-state index in [0.717, 1.165) is 17.5 Å². The zero-order valence-corrected chi connectivity index (χ0v) is 23.4. The van der Waals surface area contributed by atoms with Crippen LogP contribution in [-0.2, 0) is 26.2 Å². The molecule has 0 saturated heterocycles. The number of hydrogen-bond donors (Lipinski definition) is 0. The van der Waals surface area contributed by atoms with Crippen LogP contribution < -0.4 is 30.0 Å². The van der Waals surface area contributed by atoms with Crippen molar-refractivity contribution < 1.29 is 51.0 Å². The molecule has 0 atom stereocenters. The molecular weight excluding hydrogens is 527 g/mol. The van der Waals surface area contributed by atoms with E-state index in [2.05, 4.69) is 60.7 Å². The van der Waals surface area contributed by atoms with Crippen molar-refractivity contribution in [3.63, 3.8) is 0 Å². The summed E-state index contributed by atoms with van der Waals surface area (Å²) >= 11 is 0. The summed E-state index contributed by atoms with van der Waals surface area (Å²) in [4.78, 5) is 1.75. The Morgan fingerprint density at radius 3 is 2.06 bits per heavy atom. The molecule has 4 aliphatic rings. The van der Waals surface area contributed by atoms with Gasteiger partial charge in [-0.15, -0.1) is 33.4 Å². The van der Waals surface area contributed by atoms with Gasteiger partial charge in [0.15, 0.2) is 0 Å². The van der Waals surface area contributed by atoms with Crippen LogP contribution in [0.15, 0.2) is 54.6 Å². The first-order valence-corrected chi connectivity index (χ1v) is 13.3. The monoisotopic (exact) mass is 553 g/mol. The van der Waals surface area contributed by atoms with Crippen LogP contribution >= 0.6 is 0 Å². The number of allylic oxidation sites excluding steroid dienone is 4. The van der Waals surface area contributed by atoms with Gasteiger partial charge in [-0.05, 0) is 43.2 Å². The largest absolute Gasteiger partial charge is 3.00 e. The molecule has 4 heteroatoms. The Morgan fingerprint density at radius 1 is 0.781 bits per heavy atom. The van der Waals surface area contributed by atoms with Crippen LogP contribution in [0.5, 0.6) is 0 Å². The molecule has 4 aliphatic carbocycles. The van der Waals surface area contributed by atoms with E-state index in [-0.39, 0.29) is 51.0 Å². The topological polar surface area (TPSA) is 0 Å². The van der Waals surface area contributed by atoms with Crippen LogP contribution in [0.2, 0.25) is 11.1 Å². The molecule has 0 N–H and O–H groups in total. The van der Waals surface area contributed by atoms with E-state index in [1.165, 1.54) is 78.2 Å². The SMILES string of the molecule is [C-]1=c2ccccc2=c2ccc(=[Si](C3CCCC3)C3CCCC3)c(C3=CC=CC3)c21.[Cl-].[Cl-].[Zr+3].